The molecule has 80 valence electrons. The molecule has 4 heteroatoms. The Hall–Kier alpha value is -1.29. The summed E-state index contributed by atoms with van der Waals surface area (Å²) < 4.78 is 24.6. The summed E-state index contributed by atoms with van der Waals surface area (Å²) in [5, 5.41) is 0. The van der Waals surface area contributed by atoms with Crippen molar-refractivity contribution >= 4 is 21.3 Å². The number of rotatable bonds is 1. The molecule has 0 bridgehead atoms. The van der Waals surface area contributed by atoms with Gasteiger partial charge >= 0.3 is 0 Å². The third-order valence-electron chi connectivity index (χ3n) is 2.58. The first-order valence-electron chi connectivity index (χ1n) is 4.76. The van der Waals surface area contributed by atoms with E-state index in [1.807, 2.05) is 37.3 Å². The van der Waals surface area contributed by atoms with Gasteiger partial charge in [0.15, 0.2) is 0 Å². The molecule has 0 amide bonds. The van der Waals surface area contributed by atoms with Crippen LogP contribution in [-0.4, -0.2) is 21.2 Å². The lowest BCUT2D eigenvalue weighted by atomic mass is 10.1. The zero-order chi connectivity index (χ0) is 11.1. The van der Waals surface area contributed by atoms with Gasteiger partial charge in [-0.3, -0.25) is 4.31 Å². The van der Waals surface area contributed by atoms with Crippen molar-refractivity contribution in [3.63, 3.8) is 0 Å². The van der Waals surface area contributed by atoms with Gasteiger partial charge in [0.1, 0.15) is 0 Å². The highest BCUT2D eigenvalue weighted by Crippen LogP contribution is 2.36. The maximum absolute atomic E-state index is 11.6. The summed E-state index contributed by atoms with van der Waals surface area (Å²) in [4.78, 5) is 0. The van der Waals surface area contributed by atoms with Crippen LogP contribution in [-0.2, 0) is 10.0 Å². The van der Waals surface area contributed by atoms with Gasteiger partial charge in [0.25, 0.3) is 0 Å². The van der Waals surface area contributed by atoms with Gasteiger partial charge in [0.05, 0.1) is 18.5 Å². The Morgan fingerprint density at radius 3 is 2.60 bits per heavy atom. The van der Waals surface area contributed by atoms with E-state index in [4.69, 9.17) is 0 Å². The van der Waals surface area contributed by atoms with Gasteiger partial charge in [-0.25, -0.2) is 8.42 Å². The van der Waals surface area contributed by atoms with Gasteiger partial charge in [0.2, 0.25) is 10.0 Å². The molecular formula is C11H13NO2S. The predicted molar refractivity (Wildman–Crippen MR) is 62.3 cm³/mol. The number of nitrogens with zero attached hydrogens (tertiary/aromatic N) is 1. The number of allylic oxidation sites excluding steroid dienone is 1. The molecule has 0 radical (unpaired) electrons. The molecule has 1 aromatic carbocycles. The van der Waals surface area contributed by atoms with Crippen LogP contribution in [0.5, 0.6) is 0 Å². The maximum atomic E-state index is 11.6. The molecule has 0 unspecified atom stereocenters. The lowest BCUT2D eigenvalue weighted by molar-refractivity contribution is 0.599. The molecule has 0 spiro atoms. The summed E-state index contributed by atoms with van der Waals surface area (Å²) in [7, 11) is -3.17. The summed E-state index contributed by atoms with van der Waals surface area (Å²) in [6.45, 7) is 2.38. The molecular weight excluding hydrogens is 210 g/mol. The summed E-state index contributed by atoms with van der Waals surface area (Å²) in [6.07, 6.45) is 3.20. The first-order valence-corrected chi connectivity index (χ1v) is 6.61. The molecule has 0 saturated heterocycles. The van der Waals surface area contributed by atoms with Crippen LogP contribution in [0.2, 0.25) is 0 Å². The second-order valence-corrected chi connectivity index (χ2v) is 5.51. The third-order valence-corrected chi connectivity index (χ3v) is 3.71. The SMILES string of the molecule is C/C=C1/CN(S(C)(=O)=O)c2ccccc21. The molecule has 3 nitrogen and oxygen atoms in total. The number of para-hydroxylation sites is 1. The molecule has 2 rings (SSSR count). The molecule has 0 aliphatic carbocycles. The second-order valence-electron chi connectivity index (χ2n) is 3.60. The highest BCUT2D eigenvalue weighted by molar-refractivity contribution is 7.92. The Balaban J connectivity index is 2.62. The molecule has 1 heterocycles. The molecule has 0 atom stereocenters. The fraction of sp³-hybridized carbons (Fsp3) is 0.273. The Morgan fingerprint density at radius 1 is 1.33 bits per heavy atom. The van der Waals surface area contributed by atoms with E-state index in [-0.39, 0.29) is 0 Å². The van der Waals surface area contributed by atoms with Crippen molar-refractivity contribution in [3.8, 4) is 0 Å². The van der Waals surface area contributed by atoms with Crippen LogP contribution >= 0.6 is 0 Å². The fourth-order valence-corrected chi connectivity index (χ4v) is 2.72. The summed E-state index contributed by atoms with van der Waals surface area (Å²) in [5.41, 5.74) is 2.87. The Kier molecular flexibility index (Phi) is 2.31. The molecule has 0 aromatic heterocycles. The summed E-state index contributed by atoms with van der Waals surface area (Å²) in [6, 6.07) is 7.58. The van der Waals surface area contributed by atoms with Gasteiger partial charge < -0.3 is 0 Å². The maximum Gasteiger partial charge on any atom is 0.232 e. The monoisotopic (exact) mass is 223 g/mol. The molecule has 0 saturated carbocycles. The normalized spacial score (nSPS) is 18.3. The van der Waals surface area contributed by atoms with E-state index in [0.717, 1.165) is 16.8 Å². The number of fused-ring (bicyclic) bond motifs is 1. The van der Waals surface area contributed by atoms with E-state index >= 15 is 0 Å². The van der Waals surface area contributed by atoms with Gasteiger partial charge in [-0.2, -0.15) is 0 Å². The Bertz CT molecular complexity index is 517. The predicted octanol–water partition coefficient (Wildman–Crippen LogP) is 1.87. The van der Waals surface area contributed by atoms with E-state index in [1.165, 1.54) is 10.6 Å². The van der Waals surface area contributed by atoms with E-state index in [9.17, 15) is 8.42 Å². The average molecular weight is 223 g/mol. The molecule has 0 N–H and O–H groups in total. The van der Waals surface area contributed by atoms with Crippen LogP contribution in [0.25, 0.3) is 5.57 Å². The third kappa shape index (κ3) is 1.65. The minimum Gasteiger partial charge on any atom is -0.265 e. The quantitative estimate of drug-likeness (QED) is 0.729. The van der Waals surface area contributed by atoms with Crippen molar-refractivity contribution in [1.29, 1.82) is 0 Å². The number of anilines is 1. The molecule has 1 aromatic rings. The zero-order valence-electron chi connectivity index (χ0n) is 8.77. The van der Waals surface area contributed by atoms with Gasteiger partial charge in [-0.05, 0) is 18.6 Å². The first kappa shape index (κ1) is 10.2. The van der Waals surface area contributed by atoms with Crippen molar-refractivity contribution in [2.75, 3.05) is 17.1 Å². The van der Waals surface area contributed by atoms with E-state index in [0.29, 0.717) is 6.54 Å². The van der Waals surface area contributed by atoms with Gasteiger partial charge in [0, 0.05) is 5.56 Å². The highest BCUT2D eigenvalue weighted by Gasteiger charge is 2.28. The Labute approximate surface area is 90.1 Å². The van der Waals surface area contributed by atoms with E-state index in [2.05, 4.69) is 0 Å². The molecule has 1 aliphatic rings. The largest absolute Gasteiger partial charge is 0.265 e. The zero-order valence-corrected chi connectivity index (χ0v) is 9.58. The van der Waals surface area contributed by atoms with Crippen molar-refractivity contribution < 1.29 is 8.42 Å². The van der Waals surface area contributed by atoms with Gasteiger partial charge in [-0.1, -0.05) is 24.3 Å². The number of hydrogen-bond acceptors (Lipinski definition) is 2. The minimum atomic E-state index is -3.17. The van der Waals surface area contributed by atoms with Crippen molar-refractivity contribution in [2.24, 2.45) is 0 Å². The summed E-state index contributed by atoms with van der Waals surface area (Å²) in [5.74, 6) is 0. The molecule has 15 heavy (non-hydrogen) atoms. The van der Waals surface area contributed by atoms with Crippen molar-refractivity contribution in [2.45, 2.75) is 6.92 Å². The highest BCUT2D eigenvalue weighted by atomic mass is 32.2. The van der Waals surface area contributed by atoms with Crippen LogP contribution in [0.1, 0.15) is 12.5 Å². The van der Waals surface area contributed by atoms with Crippen LogP contribution in [0, 0.1) is 0 Å². The minimum absolute atomic E-state index is 0.453. The fourth-order valence-electron chi connectivity index (χ4n) is 1.83. The molecule has 1 aliphatic heterocycles. The average Bonchev–Trinajstić information content (AvgIpc) is 2.55. The molecule has 0 fully saturated rings. The van der Waals surface area contributed by atoms with Gasteiger partial charge in [-0.15, -0.1) is 0 Å². The smallest absolute Gasteiger partial charge is 0.232 e. The van der Waals surface area contributed by atoms with Crippen LogP contribution in [0.3, 0.4) is 0 Å². The first-order chi connectivity index (χ1) is 7.04. The van der Waals surface area contributed by atoms with E-state index in [1.54, 1.807) is 0 Å². The number of hydrogen-bond donors (Lipinski definition) is 0. The van der Waals surface area contributed by atoms with Crippen molar-refractivity contribution in [3.05, 3.63) is 35.9 Å². The second kappa shape index (κ2) is 3.38. The van der Waals surface area contributed by atoms with Crippen LogP contribution in [0.4, 0.5) is 5.69 Å². The number of sulfonamides is 1. The lowest BCUT2D eigenvalue weighted by Crippen LogP contribution is -2.27. The van der Waals surface area contributed by atoms with Crippen LogP contribution < -0.4 is 4.31 Å². The summed E-state index contributed by atoms with van der Waals surface area (Å²) >= 11 is 0. The van der Waals surface area contributed by atoms with Crippen LogP contribution in [0.15, 0.2) is 30.3 Å². The van der Waals surface area contributed by atoms with E-state index < -0.39 is 10.0 Å². The Morgan fingerprint density at radius 2 is 2.00 bits per heavy atom. The standard InChI is InChI=1S/C11H13NO2S/c1-3-9-8-12(15(2,13)14)11-7-5-4-6-10(9)11/h3-7H,8H2,1-2H3/b9-3-. The number of benzene rings is 1. The lowest BCUT2D eigenvalue weighted by Gasteiger charge is -2.15. The van der Waals surface area contributed by atoms with Crippen molar-refractivity contribution in [1.82, 2.24) is 0 Å². The topological polar surface area (TPSA) is 37.4 Å².